The van der Waals surface area contributed by atoms with Gasteiger partial charge in [0.05, 0.1) is 38.2 Å². The lowest BCUT2D eigenvalue weighted by Gasteiger charge is -2.28. The van der Waals surface area contributed by atoms with Crippen LogP contribution in [0.15, 0.2) is 53.4 Å². The lowest BCUT2D eigenvalue weighted by molar-refractivity contribution is -0.146. The fraction of sp³-hybridized carbons (Fsp3) is 0.381. The van der Waals surface area contributed by atoms with Crippen molar-refractivity contribution >= 4 is 16.0 Å². The van der Waals surface area contributed by atoms with E-state index in [1.54, 1.807) is 19.2 Å². The summed E-state index contributed by atoms with van der Waals surface area (Å²) >= 11 is 0. The highest BCUT2D eigenvalue weighted by Gasteiger charge is 2.27. The van der Waals surface area contributed by atoms with Gasteiger partial charge in [0, 0.05) is 0 Å². The Kier molecular flexibility index (Phi) is 7.43. The summed E-state index contributed by atoms with van der Waals surface area (Å²) in [5.41, 5.74) is 1.84. The topological polar surface area (TPSA) is 100 Å². The third-order valence-electron chi connectivity index (χ3n) is 4.54. The van der Waals surface area contributed by atoms with Gasteiger partial charge in [-0.05, 0) is 36.8 Å². The number of benzene rings is 2. The molecule has 2 aromatic carbocycles. The molecule has 1 heterocycles. The van der Waals surface area contributed by atoms with E-state index >= 15 is 0 Å². The van der Waals surface area contributed by atoms with Crippen molar-refractivity contribution in [2.45, 2.75) is 37.2 Å². The maximum atomic E-state index is 12.5. The van der Waals surface area contributed by atoms with E-state index in [1.807, 2.05) is 31.2 Å². The van der Waals surface area contributed by atoms with Crippen LogP contribution in [0.25, 0.3) is 0 Å². The zero-order valence-corrected chi connectivity index (χ0v) is 17.7. The maximum absolute atomic E-state index is 12.5. The molecule has 162 valence electrons. The average Bonchev–Trinajstić information content (AvgIpc) is 2.72. The summed E-state index contributed by atoms with van der Waals surface area (Å²) in [5, 5.41) is 2.60. The molecule has 30 heavy (non-hydrogen) atoms. The average molecular weight is 435 g/mol. The molecule has 3 rings (SSSR count). The van der Waals surface area contributed by atoms with Crippen molar-refractivity contribution in [2.24, 2.45) is 0 Å². The summed E-state index contributed by atoms with van der Waals surface area (Å²) < 4.78 is 46.6. The highest BCUT2D eigenvalue weighted by molar-refractivity contribution is 7.86. The van der Waals surface area contributed by atoms with Gasteiger partial charge >= 0.3 is 0 Å². The van der Waals surface area contributed by atoms with E-state index in [0.29, 0.717) is 0 Å². The third-order valence-corrected chi connectivity index (χ3v) is 5.84. The minimum absolute atomic E-state index is 0.0739. The molecule has 1 amide bonds. The van der Waals surface area contributed by atoms with E-state index in [1.165, 1.54) is 12.1 Å². The Morgan fingerprint density at radius 2 is 1.73 bits per heavy atom. The molecule has 1 N–H and O–H groups in total. The molecule has 2 atom stereocenters. The summed E-state index contributed by atoms with van der Waals surface area (Å²) in [6.45, 7) is 1.97. The van der Waals surface area contributed by atoms with Gasteiger partial charge in [-0.3, -0.25) is 8.98 Å². The Hall–Kier alpha value is -2.46. The van der Waals surface area contributed by atoms with Crippen molar-refractivity contribution in [3.8, 4) is 5.75 Å². The number of hydrogen-bond donors (Lipinski definition) is 1. The Labute approximate surface area is 176 Å². The quantitative estimate of drug-likeness (QED) is 0.426. The number of hydrogen-bond acceptors (Lipinski definition) is 7. The van der Waals surface area contributed by atoms with Crippen molar-refractivity contribution in [2.75, 3.05) is 20.3 Å². The highest BCUT2D eigenvalue weighted by Crippen LogP contribution is 2.16. The fourth-order valence-electron chi connectivity index (χ4n) is 2.67. The van der Waals surface area contributed by atoms with Crippen molar-refractivity contribution < 1.29 is 31.6 Å². The molecule has 0 bridgehead atoms. The summed E-state index contributed by atoms with van der Waals surface area (Å²) in [6, 6.07) is 13.7. The Morgan fingerprint density at radius 3 is 2.33 bits per heavy atom. The molecule has 0 spiro atoms. The number of β-lactam (4-membered cyclic amide) rings is 1. The van der Waals surface area contributed by atoms with Crippen LogP contribution in [-0.4, -0.2) is 47.0 Å². The van der Waals surface area contributed by atoms with Crippen LogP contribution in [0.5, 0.6) is 5.75 Å². The maximum Gasteiger partial charge on any atom is 0.297 e. The summed E-state index contributed by atoms with van der Waals surface area (Å²) in [6.07, 6.45) is -0.767. The van der Waals surface area contributed by atoms with Crippen LogP contribution in [0.4, 0.5) is 0 Å². The molecule has 0 aliphatic carbocycles. The lowest BCUT2D eigenvalue weighted by Crippen LogP contribution is -2.51. The van der Waals surface area contributed by atoms with E-state index in [0.717, 1.165) is 16.9 Å². The molecule has 0 radical (unpaired) electrons. The molecular weight excluding hydrogens is 410 g/mol. The predicted octanol–water partition coefficient (Wildman–Crippen LogP) is 2.16. The molecule has 1 saturated heterocycles. The van der Waals surface area contributed by atoms with Crippen molar-refractivity contribution in [3.63, 3.8) is 0 Å². The number of aryl methyl sites for hydroxylation is 1. The van der Waals surface area contributed by atoms with Gasteiger partial charge in [0.25, 0.3) is 10.1 Å². The second kappa shape index (κ2) is 10.0. The van der Waals surface area contributed by atoms with Gasteiger partial charge in [-0.2, -0.15) is 8.42 Å². The second-order valence-electron chi connectivity index (χ2n) is 6.93. The minimum Gasteiger partial charge on any atom is -0.497 e. The Bertz CT molecular complexity index is 934. The van der Waals surface area contributed by atoms with E-state index in [9.17, 15) is 13.2 Å². The van der Waals surface area contributed by atoms with Gasteiger partial charge in [0.1, 0.15) is 18.1 Å². The van der Waals surface area contributed by atoms with Gasteiger partial charge in [0.15, 0.2) is 0 Å². The molecule has 0 unspecified atom stereocenters. The molecular formula is C21H25NO7S. The largest absolute Gasteiger partial charge is 0.497 e. The first-order valence-corrected chi connectivity index (χ1v) is 10.9. The zero-order valence-electron chi connectivity index (χ0n) is 16.9. The van der Waals surface area contributed by atoms with Crippen LogP contribution < -0.4 is 10.1 Å². The number of carbonyl (C=O) groups excluding carboxylic acids is 1. The van der Waals surface area contributed by atoms with Gasteiger partial charge in [-0.1, -0.05) is 29.8 Å². The van der Waals surface area contributed by atoms with Gasteiger partial charge < -0.3 is 19.5 Å². The number of methoxy groups -OCH3 is 1. The Balaban J connectivity index is 1.59. The zero-order chi connectivity index (χ0) is 21.6. The first-order valence-electron chi connectivity index (χ1n) is 9.47. The molecule has 1 aliphatic heterocycles. The SMILES string of the molecule is COc1ccc(CO[C@@H](CO[C@@H]2CC(=O)N2)COS(=O)(=O)c2ccc(C)cc2)cc1. The van der Waals surface area contributed by atoms with E-state index in [-0.39, 0.29) is 37.0 Å². The van der Waals surface area contributed by atoms with Crippen molar-refractivity contribution in [1.29, 1.82) is 0 Å². The smallest absolute Gasteiger partial charge is 0.297 e. The fourth-order valence-corrected chi connectivity index (χ4v) is 3.61. The van der Waals surface area contributed by atoms with Crippen LogP contribution >= 0.6 is 0 Å². The van der Waals surface area contributed by atoms with Gasteiger partial charge in [-0.15, -0.1) is 0 Å². The molecule has 1 fully saturated rings. The van der Waals surface area contributed by atoms with Gasteiger partial charge in [-0.25, -0.2) is 0 Å². The first-order chi connectivity index (χ1) is 14.4. The summed E-state index contributed by atoms with van der Waals surface area (Å²) in [7, 11) is -2.34. The van der Waals surface area contributed by atoms with Crippen molar-refractivity contribution in [1.82, 2.24) is 5.32 Å². The number of ether oxygens (including phenoxy) is 3. The molecule has 1 aliphatic rings. The molecule has 8 nitrogen and oxygen atoms in total. The number of rotatable bonds is 11. The standard InChI is InChI=1S/C21H25NO7S/c1-15-3-9-19(10-4-15)30(24,25)29-14-18(13-28-21-11-20(23)22-21)27-12-16-5-7-17(26-2)8-6-16/h3-10,18,21H,11-14H2,1-2H3,(H,22,23)/t18-,21+/m0/s1. The predicted molar refractivity (Wildman–Crippen MR) is 108 cm³/mol. The van der Waals surface area contributed by atoms with Gasteiger partial charge in [0.2, 0.25) is 5.91 Å². The van der Waals surface area contributed by atoms with E-state index < -0.39 is 22.4 Å². The minimum atomic E-state index is -3.92. The number of carbonyl (C=O) groups is 1. The van der Waals surface area contributed by atoms with Crippen LogP contribution in [0.2, 0.25) is 0 Å². The monoisotopic (exact) mass is 435 g/mol. The highest BCUT2D eigenvalue weighted by atomic mass is 32.2. The van der Waals surface area contributed by atoms with Crippen LogP contribution in [0.3, 0.4) is 0 Å². The molecule has 2 aromatic rings. The van der Waals surface area contributed by atoms with Crippen LogP contribution in [0, 0.1) is 6.92 Å². The molecule has 0 saturated carbocycles. The first kappa shape index (κ1) is 22.2. The number of nitrogens with one attached hydrogen (secondary N) is 1. The molecule has 0 aromatic heterocycles. The lowest BCUT2D eigenvalue weighted by atomic mass is 10.2. The van der Waals surface area contributed by atoms with E-state index in [4.69, 9.17) is 18.4 Å². The second-order valence-corrected chi connectivity index (χ2v) is 8.54. The summed E-state index contributed by atoms with van der Waals surface area (Å²) in [4.78, 5) is 11.1. The van der Waals surface area contributed by atoms with Crippen molar-refractivity contribution in [3.05, 3.63) is 59.7 Å². The normalized spacial score (nSPS) is 17.1. The molecule has 9 heteroatoms. The van der Waals surface area contributed by atoms with E-state index in [2.05, 4.69) is 5.32 Å². The third kappa shape index (κ3) is 6.27. The van der Waals surface area contributed by atoms with Crippen LogP contribution in [-0.2, 0) is 35.2 Å². The number of amides is 1. The Morgan fingerprint density at radius 1 is 1.07 bits per heavy atom. The summed E-state index contributed by atoms with van der Waals surface area (Å²) in [5.74, 6) is 0.640. The van der Waals surface area contributed by atoms with Crippen LogP contribution in [0.1, 0.15) is 17.5 Å².